The van der Waals surface area contributed by atoms with Crippen LogP contribution in [-0.2, 0) is 4.79 Å². The van der Waals surface area contributed by atoms with E-state index in [2.05, 4.69) is 4.98 Å². The molecule has 24 heavy (non-hydrogen) atoms. The Morgan fingerprint density at radius 2 is 2.04 bits per heavy atom. The van der Waals surface area contributed by atoms with Crippen molar-refractivity contribution >= 4 is 17.0 Å². The Balaban J connectivity index is 1.65. The lowest BCUT2D eigenvalue weighted by molar-refractivity contribution is -0.129. The van der Waals surface area contributed by atoms with Gasteiger partial charge in [0.25, 0.3) is 0 Å². The Morgan fingerprint density at radius 3 is 2.75 bits per heavy atom. The van der Waals surface area contributed by atoms with Gasteiger partial charge in [-0.3, -0.25) is 10.0 Å². The second kappa shape index (κ2) is 7.14. The molecule has 0 unspecified atom stereocenters. The maximum absolute atomic E-state index is 10.9. The van der Waals surface area contributed by atoms with Crippen molar-refractivity contribution < 1.29 is 19.2 Å². The number of benzene rings is 2. The molecule has 0 aliphatic rings. The number of amides is 1. The lowest BCUT2D eigenvalue weighted by Crippen LogP contribution is -2.18. The summed E-state index contributed by atoms with van der Waals surface area (Å²) in [7, 11) is 0. The van der Waals surface area contributed by atoms with E-state index in [1.165, 1.54) is 0 Å². The molecule has 1 amide bonds. The number of rotatable bonds is 6. The van der Waals surface area contributed by atoms with Gasteiger partial charge in [0.05, 0.1) is 6.61 Å². The predicted molar refractivity (Wildman–Crippen MR) is 88.8 cm³/mol. The zero-order chi connectivity index (χ0) is 16.9. The molecule has 6 heteroatoms. The second-order valence-electron chi connectivity index (χ2n) is 5.45. The summed E-state index contributed by atoms with van der Waals surface area (Å²) in [5.41, 5.74) is 5.18. The van der Waals surface area contributed by atoms with Crippen molar-refractivity contribution in [3.05, 3.63) is 48.0 Å². The monoisotopic (exact) mass is 326 g/mol. The van der Waals surface area contributed by atoms with E-state index in [-0.39, 0.29) is 6.42 Å². The first-order chi connectivity index (χ1) is 11.7. The molecule has 0 atom stereocenters. The Kier molecular flexibility index (Phi) is 4.77. The second-order valence-corrected chi connectivity index (χ2v) is 5.45. The number of aryl methyl sites for hydroxylation is 1. The first-order valence-corrected chi connectivity index (χ1v) is 7.69. The number of para-hydroxylation sites is 1. The van der Waals surface area contributed by atoms with Gasteiger partial charge in [0.1, 0.15) is 11.3 Å². The number of carbonyl (C=O) groups excluding carboxylic acids is 1. The SMILES string of the molecule is Cc1cccc2oc(-c3ccc(OCCCC(=O)NO)cc3)nc12. The third-order valence-electron chi connectivity index (χ3n) is 3.66. The number of hydroxylamine groups is 1. The van der Waals surface area contributed by atoms with E-state index in [9.17, 15) is 4.79 Å². The van der Waals surface area contributed by atoms with Crippen LogP contribution in [0.3, 0.4) is 0 Å². The first kappa shape index (κ1) is 16.0. The topological polar surface area (TPSA) is 84.6 Å². The predicted octanol–water partition coefficient (Wildman–Crippen LogP) is 3.47. The van der Waals surface area contributed by atoms with Crippen molar-refractivity contribution in [3.8, 4) is 17.2 Å². The third kappa shape index (κ3) is 3.55. The number of nitrogens with zero attached hydrogens (tertiary/aromatic N) is 1. The van der Waals surface area contributed by atoms with Gasteiger partial charge in [-0.05, 0) is 49.2 Å². The van der Waals surface area contributed by atoms with Crippen molar-refractivity contribution in [1.29, 1.82) is 0 Å². The molecule has 2 aromatic carbocycles. The molecule has 0 radical (unpaired) electrons. The molecule has 0 fully saturated rings. The molecular formula is C18H18N2O4. The minimum atomic E-state index is -0.416. The minimum absolute atomic E-state index is 0.219. The molecular weight excluding hydrogens is 308 g/mol. The van der Waals surface area contributed by atoms with Crippen LogP contribution in [0, 0.1) is 6.92 Å². The van der Waals surface area contributed by atoms with Crippen LogP contribution < -0.4 is 10.2 Å². The van der Waals surface area contributed by atoms with Crippen LogP contribution in [0.25, 0.3) is 22.6 Å². The van der Waals surface area contributed by atoms with Crippen LogP contribution in [-0.4, -0.2) is 22.7 Å². The Hall–Kier alpha value is -2.86. The molecule has 1 heterocycles. The summed E-state index contributed by atoms with van der Waals surface area (Å²) in [6, 6.07) is 13.3. The maximum atomic E-state index is 10.9. The standard InChI is InChI=1S/C18H18N2O4/c1-12-4-2-5-15-17(12)19-18(24-15)13-7-9-14(10-8-13)23-11-3-6-16(21)20-22/h2,4-5,7-10,22H,3,6,11H2,1H3,(H,20,21). The van der Waals surface area contributed by atoms with Gasteiger partial charge in [0.15, 0.2) is 5.58 Å². The highest BCUT2D eigenvalue weighted by molar-refractivity contribution is 5.79. The van der Waals surface area contributed by atoms with Crippen molar-refractivity contribution in [3.63, 3.8) is 0 Å². The van der Waals surface area contributed by atoms with Crippen LogP contribution in [0.15, 0.2) is 46.9 Å². The van der Waals surface area contributed by atoms with E-state index in [4.69, 9.17) is 14.4 Å². The molecule has 0 saturated carbocycles. The molecule has 0 spiro atoms. The van der Waals surface area contributed by atoms with E-state index in [1.54, 1.807) is 5.48 Å². The normalized spacial score (nSPS) is 10.8. The molecule has 124 valence electrons. The van der Waals surface area contributed by atoms with E-state index in [1.807, 2.05) is 49.4 Å². The number of nitrogens with one attached hydrogen (secondary N) is 1. The largest absolute Gasteiger partial charge is 0.494 e. The van der Waals surface area contributed by atoms with Crippen molar-refractivity contribution in [2.75, 3.05) is 6.61 Å². The lowest BCUT2D eigenvalue weighted by atomic mass is 10.2. The van der Waals surface area contributed by atoms with Gasteiger partial charge in [0.2, 0.25) is 11.8 Å². The van der Waals surface area contributed by atoms with Crippen LogP contribution in [0.1, 0.15) is 18.4 Å². The summed E-state index contributed by atoms with van der Waals surface area (Å²) >= 11 is 0. The van der Waals surface area contributed by atoms with E-state index in [0.717, 1.165) is 22.2 Å². The van der Waals surface area contributed by atoms with E-state index >= 15 is 0 Å². The Labute approximate surface area is 139 Å². The number of carbonyl (C=O) groups is 1. The Bertz CT molecular complexity index is 840. The van der Waals surface area contributed by atoms with E-state index in [0.29, 0.717) is 24.7 Å². The number of hydrogen-bond donors (Lipinski definition) is 2. The molecule has 0 aliphatic carbocycles. The average Bonchev–Trinajstić information content (AvgIpc) is 3.04. The lowest BCUT2D eigenvalue weighted by Gasteiger charge is -2.05. The molecule has 0 aliphatic heterocycles. The van der Waals surface area contributed by atoms with Gasteiger partial charge in [-0.2, -0.15) is 0 Å². The smallest absolute Gasteiger partial charge is 0.243 e. The zero-order valence-electron chi connectivity index (χ0n) is 13.3. The average molecular weight is 326 g/mol. The summed E-state index contributed by atoms with van der Waals surface area (Å²) < 4.78 is 11.3. The van der Waals surface area contributed by atoms with Crippen LogP contribution in [0.2, 0.25) is 0 Å². The highest BCUT2D eigenvalue weighted by Crippen LogP contribution is 2.27. The summed E-state index contributed by atoms with van der Waals surface area (Å²) in [5, 5.41) is 8.40. The van der Waals surface area contributed by atoms with Crippen LogP contribution >= 0.6 is 0 Å². The summed E-state index contributed by atoms with van der Waals surface area (Å²) in [6.07, 6.45) is 0.745. The highest BCUT2D eigenvalue weighted by atomic mass is 16.5. The van der Waals surface area contributed by atoms with Crippen molar-refractivity contribution in [1.82, 2.24) is 10.5 Å². The molecule has 3 aromatic rings. The fourth-order valence-electron chi connectivity index (χ4n) is 2.38. The van der Waals surface area contributed by atoms with Crippen LogP contribution in [0.5, 0.6) is 5.75 Å². The van der Waals surface area contributed by atoms with Gasteiger partial charge in [-0.15, -0.1) is 0 Å². The molecule has 3 rings (SSSR count). The van der Waals surface area contributed by atoms with Gasteiger partial charge in [-0.1, -0.05) is 12.1 Å². The van der Waals surface area contributed by atoms with Gasteiger partial charge in [0, 0.05) is 12.0 Å². The highest BCUT2D eigenvalue weighted by Gasteiger charge is 2.09. The summed E-state index contributed by atoms with van der Waals surface area (Å²) in [6.45, 7) is 2.40. The fourth-order valence-corrected chi connectivity index (χ4v) is 2.38. The molecule has 0 bridgehead atoms. The summed E-state index contributed by atoms with van der Waals surface area (Å²) in [4.78, 5) is 15.4. The molecule has 1 aromatic heterocycles. The number of ether oxygens (including phenoxy) is 1. The Morgan fingerprint density at radius 1 is 1.25 bits per heavy atom. The zero-order valence-corrected chi connectivity index (χ0v) is 13.3. The molecule has 6 nitrogen and oxygen atoms in total. The van der Waals surface area contributed by atoms with Gasteiger partial charge < -0.3 is 9.15 Å². The van der Waals surface area contributed by atoms with Gasteiger partial charge in [-0.25, -0.2) is 10.5 Å². The van der Waals surface area contributed by atoms with Crippen molar-refractivity contribution in [2.45, 2.75) is 19.8 Å². The third-order valence-corrected chi connectivity index (χ3v) is 3.66. The number of oxazole rings is 1. The van der Waals surface area contributed by atoms with E-state index < -0.39 is 5.91 Å². The van der Waals surface area contributed by atoms with Crippen molar-refractivity contribution in [2.24, 2.45) is 0 Å². The molecule has 0 saturated heterocycles. The number of fused-ring (bicyclic) bond motifs is 1. The number of hydrogen-bond acceptors (Lipinski definition) is 5. The number of aromatic nitrogens is 1. The molecule has 2 N–H and O–H groups in total. The summed E-state index contributed by atoms with van der Waals surface area (Å²) in [5.74, 6) is 0.862. The minimum Gasteiger partial charge on any atom is -0.494 e. The fraction of sp³-hybridized carbons (Fsp3) is 0.222. The quantitative estimate of drug-likeness (QED) is 0.412. The first-order valence-electron chi connectivity index (χ1n) is 7.69. The van der Waals surface area contributed by atoms with Crippen LogP contribution in [0.4, 0.5) is 0 Å². The van der Waals surface area contributed by atoms with Gasteiger partial charge >= 0.3 is 0 Å². The maximum Gasteiger partial charge on any atom is 0.243 e.